The van der Waals surface area contributed by atoms with Crippen LogP contribution >= 0.6 is 0 Å². The van der Waals surface area contributed by atoms with E-state index in [9.17, 15) is 13.2 Å². The van der Waals surface area contributed by atoms with Crippen LogP contribution in [0.4, 0.5) is 5.82 Å². The molecule has 7 heteroatoms. The minimum atomic E-state index is -3.58. The number of anilines is 1. The number of carbonyl (C=O) groups excluding carboxylic acids is 1. The lowest BCUT2D eigenvalue weighted by Crippen LogP contribution is -2.25. The largest absolute Gasteiger partial charge is 0.383 e. The molecule has 0 aliphatic heterocycles. The van der Waals surface area contributed by atoms with Gasteiger partial charge in [0.05, 0.1) is 10.5 Å². The van der Waals surface area contributed by atoms with Gasteiger partial charge in [-0.05, 0) is 47.6 Å². The van der Waals surface area contributed by atoms with E-state index in [1.165, 1.54) is 0 Å². The Bertz CT molecular complexity index is 1270. The van der Waals surface area contributed by atoms with Crippen LogP contribution in [0.3, 0.4) is 0 Å². The summed E-state index contributed by atoms with van der Waals surface area (Å²) in [5, 5.41) is 0. The van der Waals surface area contributed by atoms with Crippen LogP contribution < -0.4 is 10.5 Å². The number of nitrogens with two attached hydrogens (primary N) is 1. The molecule has 0 amide bonds. The zero-order valence-corrected chi connectivity index (χ0v) is 19.2. The number of ketones is 1. The topological polar surface area (TPSA) is 102 Å². The minimum Gasteiger partial charge on any atom is -0.383 e. The fraction of sp³-hybridized carbons (Fsp3) is 0.280. The van der Waals surface area contributed by atoms with Gasteiger partial charge in [-0.15, -0.1) is 0 Å². The third-order valence-corrected chi connectivity index (χ3v) is 7.07. The van der Waals surface area contributed by atoms with Crippen molar-refractivity contribution in [1.82, 2.24) is 9.71 Å². The number of hydrogen-bond donors (Lipinski definition) is 2. The van der Waals surface area contributed by atoms with Gasteiger partial charge in [0.1, 0.15) is 5.82 Å². The third-order valence-electron chi connectivity index (χ3n) is 5.55. The number of nitrogens with one attached hydrogen (secondary N) is 1. The van der Waals surface area contributed by atoms with Gasteiger partial charge in [0.25, 0.3) is 0 Å². The van der Waals surface area contributed by atoms with Crippen molar-refractivity contribution in [2.24, 2.45) is 0 Å². The van der Waals surface area contributed by atoms with Crippen LogP contribution in [0.2, 0.25) is 0 Å². The number of carbonyl (C=O) groups is 1. The molecule has 166 valence electrons. The van der Waals surface area contributed by atoms with E-state index in [1.807, 2.05) is 12.1 Å². The van der Waals surface area contributed by atoms with Gasteiger partial charge in [-0.3, -0.25) is 4.79 Å². The van der Waals surface area contributed by atoms with Crippen molar-refractivity contribution in [3.8, 4) is 11.1 Å². The van der Waals surface area contributed by atoms with Crippen LogP contribution in [0, 0.1) is 0 Å². The first kappa shape index (κ1) is 22.2. The monoisotopic (exact) mass is 449 g/mol. The SMILES string of the molecule is CC(C)(C)c1ccc(C(=O)c2cc(-c3cccc(S(=O)(=O)NC4CC4)c3)cnc2N)cc1. The Morgan fingerprint density at radius 1 is 1.03 bits per heavy atom. The maximum Gasteiger partial charge on any atom is 0.240 e. The Labute approximate surface area is 188 Å². The fourth-order valence-electron chi connectivity index (χ4n) is 3.42. The van der Waals surface area contributed by atoms with Gasteiger partial charge in [0.15, 0.2) is 5.78 Å². The molecule has 4 rings (SSSR count). The average molecular weight is 450 g/mol. The highest BCUT2D eigenvalue weighted by Gasteiger charge is 2.28. The molecule has 1 aromatic heterocycles. The molecule has 32 heavy (non-hydrogen) atoms. The number of sulfonamides is 1. The predicted molar refractivity (Wildman–Crippen MR) is 126 cm³/mol. The number of nitrogen functional groups attached to an aromatic ring is 1. The third kappa shape index (κ3) is 4.74. The molecule has 0 unspecified atom stereocenters. The maximum absolute atomic E-state index is 13.1. The van der Waals surface area contributed by atoms with E-state index in [1.54, 1.807) is 48.7 Å². The number of pyridine rings is 1. The van der Waals surface area contributed by atoms with Crippen LogP contribution in [0.25, 0.3) is 11.1 Å². The number of benzene rings is 2. The van der Waals surface area contributed by atoms with Crippen molar-refractivity contribution < 1.29 is 13.2 Å². The van der Waals surface area contributed by atoms with E-state index in [-0.39, 0.29) is 33.5 Å². The number of rotatable bonds is 6. The molecule has 0 atom stereocenters. The van der Waals surface area contributed by atoms with Gasteiger partial charge in [0, 0.05) is 23.4 Å². The highest BCUT2D eigenvalue weighted by molar-refractivity contribution is 7.89. The van der Waals surface area contributed by atoms with Crippen LogP contribution in [0.1, 0.15) is 55.1 Å². The molecule has 0 spiro atoms. The summed E-state index contributed by atoms with van der Waals surface area (Å²) in [4.78, 5) is 17.5. The summed E-state index contributed by atoms with van der Waals surface area (Å²) >= 11 is 0. The Morgan fingerprint density at radius 2 is 1.72 bits per heavy atom. The summed E-state index contributed by atoms with van der Waals surface area (Å²) in [5.74, 6) is -0.0886. The van der Waals surface area contributed by atoms with Crippen LogP contribution in [0.15, 0.2) is 65.7 Å². The highest BCUT2D eigenvalue weighted by atomic mass is 32.2. The summed E-state index contributed by atoms with van der Waals surface area (Å²) in [6, 6.07) is 15.8. The normalized spacial score (nSPS) is 14.3. The molecule has 1 fully saturated rings. The molecule has 2 aromatic carbocycles. The standard InChI is InChI=1S/C25H27N3O3S/c1-25(2,3)19-9-7-16(8-10-19)23(29)22-14-18(15-27-24(22)26)17-5-4-6-21(13-17)32(30,31)28-20-11-12-20/h4-10,13-15,20,28H,11-12H2,1-3H3,(H2,26,27). The van der Waals surface area contributed by atoms with Crippen molar-refractivity contribution in [3.63, 3.8) is 0 Å². The molecule has 3 aromatic rings. The van der Waals surface area contributed by atoms with Gasteiger partial charge in [-0.2, -0.15) is 0 Å². The van der Waals surface area contributed by atoms with Gasteiger partial charge in [-0.25, -0.2) is 18.1 Å². The second-order valence-electron chi connectivity index (χ2n) is 9.24. The number of nitrogens with zero attached hydrogens (tertiary/aromatic N) is 1. The summed E-state index contributed by atoms with van der Waals surface area (Å²) < 4.78 is 27.8. The van der Waals surface area contributed by atoms with Crippen molar-refractivity contribution in [3.05, 3.63) is 77.5 Å². The lowest BCUT2D eigenvalue weighted by molar-refractivity contribution is 0.103. The summed E-state index contributed by atoms with van der Waals surface area (Å²) in [6.45, 7) is 6.34. The first-order chi connectivity index (χ1) is 15.0. The lowest BCUT2D eigenvalue weighted by atomic mass is 9.86. The molecular formula is C25H27N3O3S. The fourth-order valence-corrected chi connectivity index (χ4v) is 4.77. The van der Waals surface area contributed by atoms with Crippen molar-refractivity contribution in [2.75, 3.05) is 5.73 Å². The minimum absolute atomic E-state index is 0.0121. The first-order valence-electron chi connectivity index (χ1n) is 10.6. The Kier molecular flexibility index (Phi) is 5.65. The molecule has 1 aliphatic carbocycles. The van der Waals surface area contributed by atoms with Crippen molar-refractivity contribution in [1.29, 1.82) is 0 Å². The second-order valence-corrected chi connectivity index (χ2v) is 11.0. The van der Waals surface area contributed by atoms with Gasteiger partial charge < -0.3 is 5.73 Å². The van der Waals surface area contributed by atoms with Crippen LogP contribution in [-0.2, 0) is 15.4 Å². The molecule has 0 bridgehead atoms. The van der Waals surface area contributed by atoms with Crippen molar-refractivity contribution >= 4 is 21.6 Å². The Hall–Kier alpha value is -3.03. The Balaban J connectivity index is 1.66. The molecule has 0 radical (unpaired) electrons. The summed E-state index contributed by atoms with van der Waals surface area (Å²) in [7, 11) is -3.58. The first-order valence-corrected chi connectivity index (χ1v) is 12.1. The van der Waals surface area contributed by atoms with Gasteiger partial charge in [0.2, 0.25) is 10.0 Å². The van der Waals surface area contributed by atoms with E-state index in [0.29, 0.717) is 16.7 Å². The molecule has 1 heterocycles. The molecular weight excluding hydrogens is 422 g/mol. The van der Waals surface area contributed by atoms with Crippen LogP contribution in [0.5, 0.6) is 0 Å². The summed E-state index contributed by atoms with van der Waals surface area (Å²) in [6.07, 6.45) is 3.28. The van der Waals surface area contributed by atoms with E-state index in [4.69, 9.17) is 5.73 Å². The molecule has 1 saturated carbocycles. The Morgan fingerprint density at radius 3 is 2.34 bits per heavy atom. The second kappa shape index (κ2) is 8.15. The zero-order chi connectivity index (χ0) is 23.1. The van der Waals surface area contributed by atoms with E-state index in [0.717, 1.165) is 18.4 Å². The van der Waals surface area contributed by atoms with Crippen molar-refractivity contribution in [2.45, 2.75) is 50.0 Å². The molecule has 6 nitrogen and oxygen atoms in total. The summed E-state index contributed by atoms with van der Waals surface area (Å²) in [5.41, 5.74) is 9.23. The molecule has 3 N–H and O–H groups in total. The number of hydrogen-bond acceptors (Lipinski definition) is 5. The maximum atomic E-state index is 13.1. The smallest absolute Gasteiger partial charge is 0.240 e. The average Bonchev–Trinajstić information content (AvgIpc) is 3.56. The van der Waals surface area contributed by atoms with Gasteiger partial charge >= 0.3 is 0 Å². The van der Waals surface area contributed by atoms with Crippen LogP contribution in [-0.4, -0.2) is 25.2 Å². The molecule has 1 aliphatic rings. The van der Waals surface area contributed by atoms with E-state index < -0.39 is 10.0 Å². The quantitative estimate of drug-likeness (QED) is 0.546. The molecule has 0 saturated heterocycles. The van der Waals surface area contributed by atoms with Gasteiger partial charge in [-0.1, -0.05) is 57.2 Å². The zero-order valence-electron chi connectivity index (χ0n) is 18.4. The lowest BCUT2D eigenvalue weighted by Gasteiger charge is -2.19. The van der Waals surface area contributed by atoms with E-state index >= 15 is 0 Å². The highest BCUT2D eigenvalue weighted by Crippen LogP contribution is 2.28. The number of aromatic nitrogens is 1. The van der Waals surface area contributed by atoms with E-state index in [2.05, 4.69) is 30.5 Å². The predicted octanol–water partition coefficient (Wildman–Crippen LogP) is 4.30.